The molecule has 0 radical (unpaired) electrons. The Hall–Kier alpha value is -3.90. The maximum atomic E-state index is 13.4. The summed E-state index contributed by atoms with van der Waals surface area (Å²) in [5, 5.41) is 16.6. The van der Waals surface area contributed by atoms with Crippen molar-refractivity contribution >= 4 is 29.2 Å². The Morgan fingerprint density at radius 1 is 1.00 bits per heavy atom. The van der Waals surface area contributed by atoms with Crippen LogP contribution in [0.25, 0.3) is 22.6 Å². The SMILES string of the molecule is Cc1cccc(Cl)c1-c1noc(-c2ccccc2)c1C(=O)Nc1cccc(C(=O)O)c1. The van der Waals surface area contributed by atoms with Crippen LogP contribution in [-0.4, -0.2) is 22.1 Å². The molecule has 6 nitrogen and oxygen atoms in total. The molecule has 7 heteroatoms. The first-order valence-electron chi connectivity index (χ1n) is 9.41. The minimum Gasteiger partial charge on any atom is -0.478 e. The molecule has 0 spiro atoms. The number of carbonyl (C=O) groups excluding carboxylic acids is 1. The highest BCUT2D eigenvalue weighted by molar-refractivity contribution is 6.33. The number of carbonyl (C=O) groups is 2. The molecule has 0 aliphatic heterocycles. The number of amides is 1. The van der Waals surface area contributed by atoms with Crippen LogP contribution in [0.15, 0.2) is 77.3 Å². The highest BCUT2D eigenvalue weighted by atomic mass is 35.5. The zero-order chi connectivity index (χ0) is 22.0. The number of benzene rings is 3. The van der Waals surface area contributed by atoms with E-state index in [0.29, 0.717) is 33.3 Å². The zero-order valence-electron chi connectivity index (χ0n) is 16.4. The number of hydrogen-bond acceptors (Lipinski definition) is 4. The van der Waals surface area contributed by atoms with Gasteiger partial charge >= 0.3 is 5.97 Å². The van der Waals surface area contributed by atoms with Gasteiger partial charge in [-0.25, -0.2) is 4.79 Å². The highest BCUT2D eigenvalue weighted by Crippen LogP contribution is 2.37. The van der Waals surface area contributed by atoms with Crippen molar-refractivity contribution in [2.75, 3.05) is 5.32 Å². The lowest BCUT2D eigenvalue weighted by molar-refractivity contribution is 0.0696. The third-order valence-electron chi connectivity index (χ3n) is 4.78. The summed E-state index contributed by atoms with van der Waals surface area (Å²) in [6.45, 7) is 1.87. The number of rotatable bonds is 5. The largest absolute Gasteiger partial charge is 0.478 e. The Kier molecular flexibility index (Phi) is 5.56. The van der Waals surface area contributed by atoms with E-state index in [1.54, 1.807) is 18.2 Å². The van der Waals surface area contributed by atoms with Crippen molar-refractivity contribution < 1.29 is 19.2 Å². The fourth-order valence-corrected chi connectivity index (χ4v) is 3.62. The second-order valence-corrected chi connectivity index (χ2v) is 7.28. The molecule has 1 amide bonds. The monoisotopic (exact) mass is 432 g/mol. The van der Waals surface area contributed by atoms with E-state index in [0.717, 1.165) is 5.56 Å². The van der Waals surface area contributed by atoms with Gasteiger partial charge in [-0.1, -0.05) is 65.3 Å². The van der Waals surface area contributed by atoms with E-state index in [2.05, 4.69) is 10.5 Å². The van der Waals surface area contributed by atoms with Gasteiger partial charge in [0.25, 0.3) is 5.91 Å². The number of aryl methyl sites for hydroxylation is 1. The van der Waals surface area contributed by atoms with Crippen molar-refractivity contribution in [1.29, 1.82) is 0 Å². The Labute approximate surface area is 183 Å². The molecule has 2 N–H and O–H groups in total. The Balaban J connectivity index is 1.85. The Bertz CT molecular complexity index is 1260. The van der Waals surface area contributed by atoms with Crippen LogP contribution in [-0.2, 0) is 0 Å². The molecule has 0 saturated carbocycles. The Morgan fingerprint density at radius 3 is 2.45 bits per heavy atom. The van der Waals surface area contributed by atoms with Crippen LogP contribution in [0.5, 0.6) is 0 Å². The summed E-state index contributed by atoms with van der Waals surface area (Å²) in [6.07, 6.45) is 0. The smallest absolute Gasteiger partial charge is 0.335 e. The number of aromatic nitrogens is 1. The molecular weight excluding hydrogens is 416 g/mol. The van der Waals surface area contributed by atoms with Crippen LogP contribution in [0.2, 0.25) is 5.02 Å². The standard InChI is InChI=1S/C24H17ClN2O4/c1-14-7-5-12-18(25)19(14)21-20(22(31-27-21)15-8-3-2-4-9-15)23(28)26-17-11-6-10-16(13-17)24(29)30/h2-13H,1H3,(H,26,28)(H,29,30). The minimum absolute atomic E-state index is 0.0635. The second kappa shape index (κ2) is 8.45. The topological polar surface area (TPSA) is 92.4 Å². The molecule has 0 saturated heterocycles. The first-order valence-corrected chi connectivity index (χ1v) is 9.79. The van der Waals surface area contributed by atoms with E-state index in [1.165, 1.54) is 12.1 Å². The van der Waals surface area contributed by atoms with E-state index in [-0.39, 0.29) is 11.1 Å². The normalized spacial score (nSPS) is 10.6. The van der Waals surface area contributed by atoms with Crippen molar-refractivity contribution in [3.63, 3.8) is 0 Å². The number of nitrogens with zero attached hydrogens (tertiary/aromatic N) is 1. The molecule has 1 aromatic heterocycles. The molecule has 3 aromatic carbocycles. The van der Waals surface area contributed by atoms with Gasteiger partial charge in [0, 0.05) is 16.8 Å². The van der Waals surface area contributed by atoms with Gasteiger partial charge in [0.05, 0.1) is 10.6 Å². The molecule has 0 atom stereocenters. The molecule has 0 bridgehead atoms. The third-order valence-corrected chi connectivity index (χ3v) is 5.10. The summed E-state index contributed by atoms with van der Waals surface area (Å²) >= 11 is 6.43. The second-order valence-electron chi connectivity index (χ2n) is 6.87. The van der Waals surface area contributed by atoms with E-state index < -0.39 is 11.9 Å². The van der Waals surface area contributed by atoms with Crippen molar-refractivity contribution in [2.24, 2.45) is 0 Å². The molecule has 1 heterocycles. The fraction of sp³-hybridized carbons (Fsp3) is 0.0417. The van der Waals surface area contributed by atoms with Gasteiger partial charge in [0.2, 0.25) is 0 Å². The third kappa shape index (κ3) is 4.06. The van der Waals surface area contributed by atoms with Crippen LogP contribution in [0.3, 0.4) is 0 Å². The number of carboxylic acids is 1. The summed E-state index contributed by atoms with van der Waals surface area (Å²) in [6, 6.07) is 20.6. The predicted molar refractivity (Wildman–Crippen MR) is 118 cm³/mol. The van der Waals surface area contributed by atoms with Crippen LogP contribution >= 0.6 is 11.6 Å². The van der Waals surface area contributed by atoms with E-state index in [4.69, 9.17) is 16.1 Å². The molecule has 154 valence electrons. The van der Waals surface area contributed by atoms with Crippen LogP contribution in [0.4, 0.5) is 5.69 Å². The van der Waals surface area contributed by atoms with E-state index >= 15 is 0 Å². The molecule has 0 fully saturated rings. The molecule has 0 unspecified atom stereocenters. The van der Waals surface area contributed by atoms with E-state index in [1.807, 2.05) is 49.4 Å². The number of hydrogen-bond donors (Lipinski definition) is 2. The first kappa shape index (κ1) is 20.4. The van der Waals surface area contributed by atoms with Gasteiger partial charge in [-0.15, -0.1) is 0 Å². The van der Waals surface area contributed by atoms with Crippen LogP contribution in [0, 0.1) is 6.92 Å². The first-order chi connectivity index (χ1) is 15.0. The number of halogens is 1. The van der Waals surface area contributed by atoms with Gasteiger partial charge in [0.1, 0.15) is 11.3 Å². The van der Waals surface area contributed by atoms with Crippen molar-refractivity contribution in [3.8, 4) is 22.6 Å². The summed E-state index contributed by atoms with van der Waals surface area (Å²) in [5.74, 6) is -1.28. The van der Waals surface area contributed by atoms with Crippen LogP contribution in [0.1, 0.15) is 26.3 Å². The minimum atomic E-state index is -1.08. The van der Waals surface area contributed by atoms with Crippen molar-refractivity contribution in [1.82, 2.24) is 5.16 Å². The number of anilines is 1. The predicted octanol–water partition coefficient (Wildman–Crippen LogP) is 5.92. The van der Waals surface area contributed by atoms with Gasteiger partial charge < -0.3 is 14.9 Å². The maximum absolute atomic E-state index is 13.4. The summed E-state index contributed by atoms with van der Waals surface area (Å²) in [4.78, 5) is 24.6. The summed E-state index contributed by atoms with van der Waals surface area (Å²) < 4.78 is 5.60. The average Bonchev–Trinajstić information content (AvgIpc) is 3.19. The van der Waals surface area contributed by atoms with E-state index in [9.17, 15) is 14.7 Å². The van der Waals surface area contributed by atoms with Gasteiger partial charge in [-0.2, -0.15) is 0 Å². The van der Waals surface area contributed by atoms with Gasteiger partial charge in [-0.05, 0) is 36.8 Å². The molecule has 4 aromatic rings. The average molecular weight is 433 g/mol. The summed E-state index contributed by atoms with van der Waals surface area (Å²) in [7, 11) is 0. The van der Waals surface area contributed by atoms with Crippen molar-refractivity contribution in [2.45, 2.75) is 6.92 Å². The van der Waals surface area contributed by atoms with Crippen LogP contribution < -0.4 is 5.32 Å². The Morgan fingerprint density at radius 2 is 1.74 bits per heavy atom. The number of aromatic carboxylic acids is 1. The lowest BCUT2D eigenvalue weighted by Gasteiger charge is -2.10. The van der Waals surface area contributed by atoms with Crippen molar-refractivity contribution in [3.05, 3.63) is 94.5 Å². The quantitative estimate of drug-likeness (QED) is 0.408. The van der Waals surface area contributed by atoms with Gasteiger partial charge in [0.15, 0.2) is 5.76 Å². The maximum Gasteiger partial charge on any atom is 0.335 e. The molecular formula is C24H17ClN2O4. The fourth-order valence-electron chi connectivity index (χ4n) is 3.31. The van der Waals surface area contributed by atoms with Gasteiger partial charge in [-0.3, -0.25) is 4.79 Å². The zero-order valence-corrected chi connectivity index (χ0v) is 17.2. The highest BCUT2D eigenvalue weighted by Gasteiger charge is 2.27. The molecule has 31 heavy (non-hydrogen) atoms. The lowest BCUT2D eigenvalue weighted by Crippen LogP contribution is -2.14. The number of carboxylic acid groups (broad SMARTS) is 1. The molecule has 0 aliphatic carbocycles. The number of nitrogens with one attached hydrogen (secondary N) is 1. The summed E-state index contributed by atoms with van der Waals surface area (Å²) in [5.41, 5.74) is 3.04. The molecule has 4 rings (SSSR count). The lowest BCUT2D eigenvalue weighted by atomic mass is 9.98. The molecule has 0 aliphatic rings.